The number of benzene rings is 1. The molecule has 0 spiro atoms. The molecule has 0 aliphatic carbocycles. The summed E-state index contributed by atoms with van der Waals surface area (Å²) in [5.41, 5.74) is 3.15. The predicted octanol–water partition coefficient (Wildman–Crippen LogP) is 2.62. The molecule has 6 nitrogen and oxygen atoms in total. The van der Waals surface area contributed by atoms with Gasteiger partial charge in [-0.3, -0.25) is 9.48 Å². The summed E-state index contributed by atoms with van der Waals surface area (Å²) in [6.07, 6.45) is 4.38. The summed E-state index contributed by atoms with van der Waals surface area (Å²) in [6.45, 7) is 5.04. The lowest BCUT2D eigenvalue weighted by Gasteiger charge is -2.38. The van der Waals surface area contributed by atoms with Crippen LogP contribution in [0.4, 0.5) is 11.4 Å². The molecule has 3 aliphatic heterocycles. The summed E-state index contributed by atoms with van der Waals surface area (Å²) in [5, 5.41) is 7.56. The Balaban J connectivity index is 1.41. The molecular weight excluding hydrogens is 304 g/mol. The van der Waals surface area contributed by atoms with Crippen LogP contribution in [0.5, 0.6) is 5.75 Å². The van der Waals surface area contributed by atoms with E-state index in [1.807, 2.05) is 37.4 Å². The summed E-state index contributed by atoms with van der Waals surface area (Å²) in [7, 11) is 0. The number of anilines is 2. The molecule has 0 atom stereocenters. The third-order valence-corrected chi connectivity index (χ3v) is 4.75. The van der Waals surface area contributed by atoms with Crippen LogP contribution in [0.25, 0.3) is 0 Å². The number of amides is 1. The van der Waals surface area contributed by atoms with Crippen LogP contribution < -0.4 is 15.0 Å². The lowest BCUT2D eigenvalue weighted by atomic mass is 9.88. The van der Waals surface area contributed by atoms with Gasteiger partial charge in [-0.1, -0.05) is 0 Å². The fourth-order valence-electron chi connectivity index (χ4n) is 3.58. The Hall–Kier alpha value is -2.50. The van der Waals surface area contributed by atoms with Gasteiger partial charge in [0.2, 0.25) is 5.91 Å². The van der Waals surface area contributed by atoms with E-state index in [1.165, 1.54) is 24.2 Å². The van der Waals surface area contributed by atoms with E-state index in [0.29, 0.717) is 12.5 Å². The summed E-state index contributed by atoms with van der Waals surface area (Å²) in [4.78, 5) is 14.6. The molecule has 2 bridgehead atoms. The quantitative estimate of drug-likeness (QED) is 0.917. The second-order valence-corrected chi connectivity index (χ2v) is 6.36. The van der Waals surface area contributed by atoms with Crippen LogP contribution in [0.1, 0.15) is 31.4 Å². The molecule has 1 amide bonds. The van der Waals surface area contributed by atoms with Crippen molar-refractivity contribution in [1.82, 2.24) is 9.78 Å². The first-order valence-corrected chi connectivity index (χ1v) is 8.58. The maximum atomic E-state index is 12.3. The Morgan fingerprint density at radius 1 is 1.29 bits per heavy atom. The summed E-state index contributed by atoms with van der Waals surface area (Å²) in [5.74, 6) is 1.31. The van der Waals surface area contributed by atoms with Crippen molar-refractivity contribution in [3.8, 4) is 5.75 Å². The molecule has 24 heavy (non-hydrogen) atoms. The molecule has 1 aromatic heterocycles. The minimum absolute atomic E-state index is 0.0682. The lowest BCUT2D eigenvalue weighted by molar-refractivity contribution is -0.116. The van der Waals surface area contributed by atoms with Gasteiger partial charge in [-0.25, -0.2) is 0 Å². The second kappa shape index (κ2) is 6.19. The fourth-order valence-corrected chi connectivity index (χ4v) is 3.58. The summed E-state index contributed by atoms with van der Waals surface area (Å²) >= 11 is 0. The van der Waals surface area contributed by atoms with Gasteiger partial charge in [-0.2, -0.15) is 5.10 Å². The number of hydrogen-bond donors (Lipinski definition) is 1. The molecule has 1 N–H and O–H groups in total. The Labute approximate surface area is 141 Å². The average Bonchev–Trinajstić information content (AvgIpc) is 3.03. The highest BCUT2D eigenvalue weighted by Crippen LogP contribution is 2.40. The SMILES string of the molecule is CCOc1ccc(NC(=O)Cn2cc3c(n2)C2CCN3CC2)cc1. The van der Waals surface area contributed by atoms with Crippen LogP contribution in [-0.4, -0.2) is 35.4 Å². The Bertz CT molecular complexity index is 700. The summed E-state index contributed by atoms with van der Waals surface area (Å²) < 4.78 is 7.17. The largest absolute Gasteiger partial charge is 0.494 e. The van der Waals surface area contributed by atoms with Crippen molar-refractivity contribution in [3.63, 3.8) is 0 Å². The number of ether oxygens (including phenoxy) is 1. The van der Waals surface area contributed by atoms with Gasteiger partial charge in [-0.15, -0.1) is 0 Å². The molecule has 2 aromatic rings. The highest BCUT2D eigenvalue weighted by molar-refractivity contribution is 5.90. The van der Waals surface area contributed by atoms with Gasteiger partial charge in [-0.05, 0) is 44.0 Å². The number of nitrogens with zero attached hydrogens (tertiary/aromatic N) is 3. The molecule has 0 unspecified atom stereocenters. The molecule has 1 fully saturated rings. The van der Waals surface area contributed by atoms with Crippen molar-refractivity contribution in [3.05, 3.63) is 36.2 Å². The zero-order valence-electron chi connectivity index (χ0n) is 13.9. The maximum absolute atomic E-state index is 12.3. The van der Waals surface area contributed by atoms with Gasteiger partial charge >= 0.3 is 0 Å². The van der Waals surface area contributed by atoms with E-state index in [-0.39, 0.29) is 12.5 Å². The first-order valence-electron chi connectivity index (χ1n) is 8.58. The molecular formula is C18H22N4O2. The van der Waals surface area contributed by atoms with Crippen LogP contribution in [0.3, 0.4) is 0 Å². The van der Waals surface area contributed by atoms with Crippen molar-refractivity contribution in [2.75, 3.05) is 29.9 Å². The highest BCUT2D eigenvalue weighted by atomic mass is 16.5. The molecule has 6 heteroatoms. The molecule has 126 valence electrons. The average molecular weight is 326 g/mol. The van der Waals surface area contributed by atoms with Crippen LogP contribution in [0, 0.1) is 0 Å². The monoisotopic (exact) mass is 326 g/mol. The van der Waals surface area contributed by atoms with E-state index in [1.54, 1.807) is 4.68 Å². The van der Waals surface area contributed by atoms with E-state index in [2.05, 4.69) is 15.3 Å². The van der Waals surface area contributed by atoms with Gasteiger partial charge < -0.3 is 15.0 Å². The van der Waals surface area contributed by atoms with Gasteiger partial charge in [0.05, 0.1) is 18.0 Å². The number of carbonyl (C=O) groups is 1. The smallest absolute Gasteiger partial charge is 0.246 e. The van der Waals surface area contributed by atoms with E-state index < -0.39 is 0 Å². The van der Waals surface area contributed by atoms with Gasteiger partial charge in [0.15, 0.2) is 0 Å². The number of piperidine rings is 1. The van der Waals surface area contributed by atoms with Crippen molar-refractivity contribution < 1.29 is 9.53 Å². The Morgan fingerprint density at radius 2 is 2.04 bits per heavy atom. The second-order valence-electron chi connectivity index (χ2n) is 6.36. The molecule has 1 saturated heterocycles. The number of rotatable bonds is 5. The number of nitrogens with one attached hydrogen (secondary N) is 1. The standard InChI is InChI=1S/C18H22N4O2/c1-2-24-15-5-3-14(4-6-15)19-17(23)12-22-11-16-18(20-22)13-7-9-21(16)10-8-13/h3-6,11,13H,2,7-10,12H2,1H3,(H,19,23). The van der Waals surface area contributed by atoms with Crippen LogP contribution in [-0.2, 0) is 11.3 Å². The van der Waals surface area contributed by atoms with E-state index in [9.17, 15) is 4.79 Å². The predicted molar refractivity (Wildman–Crippen MR) is 92.7 cm³/mol. The maximum Gasteiger partial charge on any atom is 0.246 e. The minimum atomic E-state index is -0.0682. The third kappa shape index (κ3) is 2.84. The normalized spacial score (nSPS) is 16.1. The first-order chi connectivity index (χ1) is 11.7. The number of hydrogen-bond acceptors (Lipinski definition) is 4. The molecule has 5 rings (SSSR count). The Morgan fingerprint density at radius 3 is 2.71 bits per heavy atom. The van der Waals surface area contributed by atoms with Crippen LogP contribution >= 0.6 is 0 Å². The van der Waals surface area contributed by atoms with Gasteiger partial charge in [0.1, 0.15) is 12.3 Å². The van der Waals surface area contributed by atoms with Crippen molar-refractivity contribution in [1.29, 1.82) is 0 Å². The Kier molecular flexibility index (Phi) is 3.88. The minimum Gasteiger partial charge on any atom is -0.494 e. The zero-order valence-corrected chi connectivity index (χ0v) is 13.9. The van der Waals surface area contributed by atoms with E-state index in [0.717, 1.165) is 24.5 Å². The van der Waals surface area contributed by atoms with E-state index in [4.69, 9.17) is 4.74 Å². The van der Waals surface area contributed by atoms with Crippen LogP contribution in [0.2, 0.25) is 0 Å². The molecule has 4 heterocycles. The summed E-state index contributed by atoms with van der Waals surface area (Å²) in [6, 6.07) is 7.42. The van der Waals surface area contributed by atoms with Gasteiger partial charge in [0, 0.05) is 30.9 Å². The van der Waals surface area contributed by atoms with Crippen LogP contribution in [0.15, 0.2) is 30.5 Å². The van der Waals surface area contributed by atoms with Crippen molar-refractivity contribution in [2.45, 2.75) is 32.2 Å². The van der Waals surface area contributed by atoms with E-state index >= 15 is 0 Å². The zero-order chi connectivity index (χ0) is 16.5. The molecule has 0 saturated carbocycles. The number of aromatic nitrogens is 2. The first kappa shape index (κ1) is 15.1. The number of fused-ring (bicyclic) bond motifs is 2. The highest BCUT2D eigenvalue weighted by Gasteiger charge is 2.33. The molecule has 1 aromatic carbocycles. The lowest BCUT2D eigenvalue weighted by Crippen LogP contribution is -2.38. The van der Waals surface area contributed by atoms with Gasteiger partial charge in [0.25, 0.3) is 0 Å². The molecule has 0 radical (unpaired) electrons. The topological polar surface area (TPSA) is 59.4 Å². The number of carbonyl (C=O) groups excluding carboxylic acids is 1. The third-order valence-electron chi connectivity index (χ3n) is 4.75. The van der Waals surface area contributed by atoms with Crippen molar-refractivity contribution in [2.24, 2.45) is 0 Å². The fraction of sp³-hybridized carbons (Fsp3) is 0.444. The van der Waals surface area contributed by atoms with Crippen molar-refractivity contribution >= 4 is 17.3 Å². The molecule has 3 aliphatic rings.